The van der Waals surface area contributed by atoms with Crippen LogP contribution in [0.25, 0.3) is 0 Å². The standard InChI is InChI=1S/C10H14ClN3O/c1-7-10(2,3-4-15-7)14-9-6-12-5-8(11)13-9/h5-7H,3-4H2,1-2H3,(H,13,14). The molecule has 0 amide bonds. The summed E-state index contributed by atoms with van der Waals surface area (Å²) < 4.78 is 5.53. The van der Waals surface area contributed by atoms with E-state index in [9.17, 15) is 0 Å². The number of anilines is 1. The maximum absolute atomic E-state index is 5.77. The van der Waals surface area contributed by atoms with Crippen LogP contribution in [0.3, 0.4) is 0 Å². The summed E-state index contributed by atoms with van der Waals surface area (Å²) in [6.45, 7) is 4.95. The van der Waals surface area contributed by atoms with Crippen LogP contribution in [0.15, 0.2) is 12.4 Å². The molecule has 0 bridgehead atoms. The van der Waals surface area contributed by atoms with Gasteiger partial charge in [-0.05, 0) is 20.3 Å². The second-order valence-electron chi connectivity index (χ2n) is 4.03. The van der Waals surface area contributed by atoms with Gasteiger partial charge in [-0.1, -0.05) is 11.6 Å². The molecular weight excluding hydrogens is 214 g/mol. The first-order valence-corrected chi connectivity index (χ1v) is 5.35. The zero-order chi connectivity index (χ0) is 10.9. The molecule has 2 rings (SSSR count). The maximum atomic E-state index is 5.77. The number of hydrogen-bond donors (Lipinski definition) is 1. The van der Waals surface area contributed by atoms with E-state index in [4.69, 9.17) is 16.3 Å². The van der Waals surface area contributed by atoms with Crippen LogP contribution in [-0.4, -0.2) is 28.2 Å². The molecule has 1 aliphatic rings. The first-order chi connectivity index (χ1) is 7.10. The van der Waals surface area contributed by atoms with Gasteiger partial charge in [-0.2, -0.15) is 0 Å². The Labute approximate surface area is 94.0 Å². The molecule has 0 radical (unpaired) electrons. The Bertz CT molecular complexity index is 360. The Balaban J connectivity index is 2.14. The van der Waals surface area contributed by atoms with Crippen LogP contribution in [0, 0.1) is 0 Å². The van der Waals surface area contributed by atoms with Crippen LogP contribution in [0.5, 0.6) is 0 Å². The molecule has 0 aromatic carbocycles. The van der Waals surface area contributed by atoms with E-state index in [1.807, 2.05) is 0 Å². The number of aromatic nitrogens is 2. The van der Waals surface area contributed by atoms with Gasteiger partial charge >= 0.3 is 0 Å². The highest BCUT2D eigenvalue weighted by Crippen LogP contribution is 2.28. The monoisotopic (exact) mass is 227 g/mol. The molecule has 0 spiro atoms. The summed E-state index contributed by atoms with van der Waals surface area (Å²) in [6, 6.07) is 0. The van der Waals surface area contributed by atoms with E-state index in [1.165, 1.54) is 6.20 Å². The fraction of sp³-hybridized carbons (Fsp3) is 0.600. The fourth-order valence-corrected chi connectivity index (χ4v) is 1.84. The van der Waals surface area contributed by atoms with Crippen molar-refractivity contribution in [3.8, 4) is 0 Å². The first kappa shape index (κ1) is 10.6. The van der Waals surface area contributed by atoms with E-state index in [1.54, 1.807) is 6.20 Å². The summed E-state index contributed by atoms with van der Waals surface area (Å²) in [6.07, 6.45) is 4.31. The van der Waals surface area contributed by atoms with Gasteiger partial charge in [0.1, 0.15) is 11.0 Å². The van der Waals surface area contributed by atoms with E-state index in [0.717, 1.165) is 13.0 Å². The molecule has 1 N–H and O–H groups in total. The molecule has 1 aromatic heterocycles. The lowest BCUT2D eigenvalue weighted by molar-refractivity contribution is 0.105. The predicted molar refractivity (Wildman–Crippen MR) is 59.1 cm³/mol. The number of rotatable bonds is 2. The lowest BCUT2D eigenvalue weighted by Gasteiger charge is -2.29. The number of hydrogen-bond acceptors (Lipinski definition) is 4. The molecule has 1 aromatic rings. The zero-order valence-electron chi connectivity index (χ0n) is 8.83. The summed E-state index contributed by atoms with van der Waals surface area (Å²) >= 11 is 5.77. The van der Waals surface area contributed by atoms with Crippen molar-refractivity contribution in [2.75, 3.05) is 11.9 Å². The van der Waals surface area contributed by atoms with Crippen LogP contribution in [-0.2, 0) is 4.74 Å². The Morgan fingerprint density at radius 1 is 1.60 bits per heavy atom. The summed E-state index contributed by atoms with van der Waals surface area (Å²) in [5.74, 6) is 0.697. The Kier molecular flexibility index (Phi) is 2.80. The third-order valence-electron chi connectivity index (χ3n) is 2.91. The number of halogens is 1. The molecule has 1 saturated heterocycles. The average Bonchev–Trinajstić information content (AvgIpc) is 2.47. The van der Waals surface area contributed by atoms with E-state index < -0.39 is 0 Å². The van der Waals surface area contributed by atoms with E-state index in [-0.39, 0.29) is 11.6 Å². The van der Waals surface area contributed by atoms with Crippen molar-refractivity contribution < 1.29 is 4.74 Å². The minimum Gasteiger partial charge on any atom is -0.376 e. The quantitative estimate of drug-likeness (QED) is 0.841. The van der Waals surface area contributed by atoms with Gasteiger partial charge in [0.2, 0.25) is 0 Å². The lowest BCUT2D eigenvalue weighted by atomic mass is 9.95. The van der Waals surface area contributed by atoms with Crippen molar-refractivity contribution in [3.05, 3.63) is 17.5 Å². The van der Waals surface area contributed by atoms with E-state index >= 15 is 0 Å². The third kappa shape index (κ3) is 2.21. The molecular formula is C10H14ClN3O. The van der Waals surface area contributed by atoms with Crippen molar-refractivity contribution in [1.82, 2.24) is 9.97 Å². The fourth-order valence-electron chi connectivity index (χ4n) is 1.69. The summed E-state index contributed by atoms with van der Waals surface area (Å²) in [4.78, 5) is 8.14. The zero-order valence-corrected chi connectivity index (χ0v) is 9.58. The van der Waals surface area contributed by atoms with Gasteiger partial charge in [-0.25, -0.2) is 4.98 Å². The van der Waals surface area contributed by atoms with E-state index in [0.29, 0.717) is 11.0 Å². The maximum Gasteiger partial charge on any atom is 0.149 e. The molecule has 4 nitrogen and oxygen atoms in total. The Hall–Kier alpha value is -0.870. The van der Waals surface area contributed by atoms with Crippen molar-refractivity contribution in [3.63, 3.8) is 0 Å². The van der Waals surface area contributed by atoms with Gasteiger partial charge < -0.3 is 10.1 Å². The molecule has 2 unspecified atom stereocenters. The molecule has 0 aliphatic carbocycles. The minimum atomic E-state index is -0.0840. The van der Waals surface area contributed by atoms with Crippen LogP contribution in [0.4, 0.5) is 5.82 Å². The first-order valence-electron chi connectivity index (χ1n) is 4.97. The van der Waals surface area contributed by atoms with Gasteiger partial charge in [0, 0.05) is 6.61 Å². The van der Waals surface area contributed by atoms with Gasteiger partial charge in [0.25, 0.3) is 0 Å². The van der Waals surface area contributed by atoms with Crippen LogP contribution >= 0.6 is 11.6 Å². The smallest absolute Gasteiger partial charge is 0.149 e. The predicted octanol–water partition coefficient (Wildman–Crippen LogP) is 2.11. The highest BCUT2D eigenvalue weighted by atomic mass is 35.5. The average molecular weight is 228 g/mol. The molecule has 1 aliphatic heterocycles. The van der Waals surface area contributed by atoms with Crippen LogP contribution in [0.2, 0.25) is 5.15 Å². The summed E-state index contributed by atoms with van der Waals surface area (Å²) in [5, 5.41) is 3.72. The molecule has 15 heavy (non-hydrogen) atoms. The second-order valence-corrected chi connectivity index (χ2v) is 4.42. The summed E-state index contributed by atoms with van der Waals surface area (Å²) in [7, 11) is 0. The molecule has 5 heteroatoms. The van der Waals surface area contributed by atoms with Crippen molar-refractivity contribution in [2.24, 2.45) is 0 Å². The summed E-state index contributed by atoms with van der Waals surface area (Å²) in [5.41, 5.74) is -0.0840. The van der Waals surface area contributed by atoms with Crippen molar-refractivity contribution in [2.45, 2.75) is 31.9 Å². The molecule has 2 heterocycles. The highest BCUT2D eigenvalue weighted by molar-refractivity contribution is 6.29. The lowest BCUT2D eigenvalue weighted by Crippen LogP contribution is -2.41. The van der Waals surface area contributed by atoms with Crippen molar-refractivity contribution in [1.29, 1.82) is 0 Å². The molecule has 1 fully saturated rings. The topological polar surface area (TPSA) is 47.0 Å². The van der Waals surface area contributed by atoms with Crippen LogP contribution < -0.4 is 5.32 Å². The normalized spacial score (nSPS) is 30.5. The minimum absolute atomic E-state index is 0.0840. The highest BCUT2D eigenvalue weighted by Gasteiger charge is 2.37. The van der Waals surface area contributed by atoms with Crippen molar-refractivity contribution >= 4 is 17.4 Å². The van der Waals surface area contributed by atoms with Crippen LogP contribution in [0.1, 0.15) is 20.3 Å². The number of nitrogens with one attached hydrogen (secondary N) is 1. The Morgan fingerprint density at radius 2 is 2.40 bits per heavy atom. The molecule has 82 valence electrons. The Morgan fingerprint density at radius 3 is 3.00 bits per heavy atom. The third-order valence-corrected chi connectivity index (χ3v) is 3.09. The van der Waals surface area contributed by atoms with Gasteiger partial charge in [0.15, 0.2) is 0 Å². The largest absolute Gasteiger partial charge is 0.376 e. The van der Waals surface area contributed by atoms with Gasteiger partial charge in [-0.15, -0.1) is 0 Å². The van der Waals surface area contributed by atoms with Gasteiger partial charge in [0.05, 0.1) is 24.0 Å². The second kappa shape index (κ2) is 3.94. The molecule has 2 atom stereocenters. The number of nitrogens with zero attached hydrogens (tertiary/aromatic N) is 2. The SMILES string of the molecule is CC1OCCC1(C)Nc1cncc(Cl)n1. The van der Waals surface area contributed by atoms with Gasteiger partial charge in [-0.3, -0.25) is 4.98 Å². The number of ether oxygens (including phenoxy) is 1. The van der Waals surface area contributed by atoms with E-state index in [2.05, 4.69) is 29.1 Å². The molecule has 0 saturated carbocycles.